The molecule has 0 aliphatic carbocycles. The normalized spacial score (nSPS) is 12.1. The van der Waals surface area contributed by atoms with E-state index in [4.69, 9.17) is 9.47 Å². The molecule has 2 N–H and O–H groups in total. The summed E-state index contributed by atoms with van der Waals surface area (Å²) in [5.74, 6) is 1.34. The molecule has 0 radical (unpaired) electrons. The van der Waals surface area contributed by atoms with E-state index >= 15 is 0 Å². The predicted molar refractivity (Wildman–Crippen MR) is 135 cm³/mol. The van der Waals surface area contributed by atoms with Crippen LogP contribution in [0.15, 0.2) is 71.5 Å². The van der Waals surface area contributed by atoms with Crippen molar-refractivity contribution in [3.63, 3.8) is 0 Å². The number of fused-ring (bicyclic) bond motifs is 2. The zero-order valence-electron chi connectivity index (χ0n) is 19.8. The summed E-state index contributed by atoms with van der Waals surface area (Å²) in [6.07, 6.45) is 0. The van der Waals surface area contributed by atoms with Crippen molar-refractivity contribution >= 4 is 16.9 Å². The lowest BCUT2D eigenvalue weighted by Crippen LogP contribution is -2.39. The summed E-state index contributed by atoms with van der Waals surface area (Å²) < 4.78 is 10.9. The number of nitrogens with one attached hydrogen (secondary N) is 2. The molecule has 1 aliphatic rings. The minimum absolute atomic E-state index is 0.160. The van der Waals surface area contributed by atoms with Gasteiger partial charge in [0, 0.05) is 29.6 Å². The fraction of sp³-hybridized carbons (Fsp3) is 0.214. The maximum atomic E-state index is 13.3. The third-order valence-corrected chi connectivity index (χ3v) is 6.14. The number of carbonyl (C=O) groups is 1. The number of rotatable bonds is 6. The van der Waals surface area contributed by atoms with Crippen molar-refractivity contribution in [2.45, 2.75) is 33.5 Å². The second-order valence-corrected chi connectivity index (χ2v) is 8.85. The van der Waals surface area contributed by atoms with Gasteiger partial charge in [0.2, 0.25) is 6.79 Å². The lowest BCUT2D eigenvalue weighted by atomic mass is 10.0. The number of aromatic nitrogens is 1. The largest absolute Gasteiger partial charge is 0.454 e. The van der Waals surface area contributed by atoms with Crippen LogP contribution in [0.4, 0.5) is 4.79 Å². The summed E-state index contributed by atoms with van der Waals surface area (Å²) >= 11 is 0. The first-order valence-electron chi connectivity index (χ1n) is 11.5. The van der Waals surface area contributed by atoms with Crippen LogP contribution in [0.3, 0.4) is 0 Å². The fourth-order valence-corrected chi connectivity index (χ4v) is 4.38. The third-order valence-electron chi connectivity index (χ3n) is 6.14. The van der Waals surface area contributed by atoms with E-state index in [1.807, 2.05) is 74.5 Å². The molecule has 1 aromatic heterocycles. The van der Waals surface area contributed by atoms with E-state index in [-0.39, 0.29) is 24.9 Å². The van der Waals surface area contributed by atoms with Gasteiger partial charge in [-0.15, -0.1) is 0 Å². The summed E-state index contributed by atoms with van der Waals surface area (Å²) in [7, 11) is 0. The molecule has 7 nitrogen and oxygen atoms in total. The van der Waals surface area contributed by atoms with Gasteiger partial charge in [-0.3, -0.25) is 4.79 Å². The molecule has 3 aromatic carbocycles. The number of hydrogen-bond acceptors (Lipinski definition) is 4. The number of aromatic amines is 1. The molecule has 4 aromatic rings. The molecule has 178 valence electrons. The Morgan fingerprint density at radius 3 is 2.57 bits per heavy atom. The molecular formula is C28H27N3O4. The lowest BCUT2D eigenvalue weighted by Gasteiger charge is -2.23. The van der Waals surface area contributed by atoms with E-state index in [2.05, 4.69) is 16.4 Å². The number of benzene rings is 3. The number of urea groups is 1. The van der Waals surface area contributed by atoms with Gasteiger partial charge < -0.3 is 24.7 Å². The molecule has 7 heteroatoms. The molecule has 1 aliphatic heterocycles. The lowest BCUT2D eigenvalue weighted by molar-refractivity contribution is 0.173. The number of aryl methyl sites for hydroxylation is 2. The summed E-state index contributed by atoms with van der Waals surface area (Å²) in [5, 5.41) is 3.96. The Morgan fingerprint density at radius 1 is 0.943 bits per heavy atom. The Hall–Kier alpha value is -4.26. The zero-order valence-corrected chi connectivity index (χ0v) is 19.8. The first-order valence-corrected chi connectivity index (χ1v) is 11.5. The molecule has 2 amide bonds. The molecule has 0 spiro atoms. The summed E-state index contributed by atoms with van der Waals surface area (Å²) in [5.41, 5.74) is 5.17. The Kier molecular flexibility index (Phi) is 6.14. The van der Waals surface area contributed by atoms with Crippen molar-refractivity contribution in [2.24, 2.45) is 0 Å². The number of hydrogen-bond donors (Lipinski definition) is 2. The van der Waals surface area contributed by atoms with E-state index < -0.39 is 0 Å². The van der Waals surface area contributed by atoms with E-state index in [0.29, 0.717) is 30.2 Å². The van der Waals surface area contributed by atoms with Crippen LogP contribution >= 0.6 is 0 Å². The smallest absolute Gasteiger partial charge is 0.318 e. The maximum absolute atomic E-state index is 13.3. The van der Waals surface area contributed by atoms with E-state index in [9.17, 15) is 9.59 Å². The highest BCUT2D eigenvalue weighted by Gasteiger charge is 2.19. The maximum Gasteiger partial charge on any atom is 0.318 e. The predicted octanol–water partition coefficient (Wildman–Crippen LogP) is 4.79. The number of H-pyrrole nitrogens is 1. The van der Waals surface area contributed by atoms with Crippen molar-refractivity contribution in [3.05, 3.63) is 105 Å². The van der Waals surface area contributed by atoms with Gasteiger partial charge in [-0.1, -0.05) is 42.5 Å². The van der Waals surface area contributed by atoms with Crippen LogP contribution in [0.2, 0.25) is 0 Å². The average molecular weight is 470 g/mol. The number of amides is 2. The van der Waals surface area contributed by atoms with Crippen molar-refractivity contribution < 1.29 is 14.3 Å². The Balaban J connectivity index is 1.43. The van der Waals surface area contributed by atoms with Gasteiger partial charge in [0.05, 0.1) is 6.54 Å². The summed E-state index contributed by atoms with van der Waals surface area (Å²) in [6.45, 7) is 5.07. The highest BCUT2D eigenvalue weighted by atomic mass is 16.7. The Morgan fingerprint density at radius 2 is 1.74 bits per heavy atom. The van der Waals surface area contributed by atoms with Crippen LogP contribution in [0.5, 0.6) is 11.5 Å². The first kappa shape index (κ1) is 22.5. The topological polar surface area (TPSA) is 83.7 Å². The van der Waals surface area contributed by atoms with Crippen molar-refractivity contribution in [2.75, 3.05) is 6.79 Å². The molecule has 0 bridgehead atoms. The van der Waals surface area contributed by atoms with Crippen LogP contribution < -0.4 is 20.3 Å². The molecule has 2 heterocycles. The van der Waals surface area contributed by atoms with Gasteiger partial charge in [-0.25, -0.2) is 4.79 Å². The average Bonchev–Trinajstić information content (AvgIpc) is 3.31. The third kappa shape index (κ3) is 4.99. The SMILES string of the molecule is Cc1cc(C)c2cc(CN(Cc3ccc4c(c3)OCO4)C(=O)NCc3ccccc3)c(=O)[nH]c2c1. The molecule has 5 rings (SSSR count). The van der Waals surface area contributed by atoms with Crippen LogP contribution in [0, 0.1) is 13.8 Å². The minimum Gasteiger partial charge on any atom is -0.454 e. The van der Waals surface area contributed by atoms with Crippen molar-refractivity contribution in [1.29, 1.82) is 0 Å². The molecular weight excluding hydrogens is 442 g/mol. The van der Waals surface area contributed by atoms with Crippen molar-refractivity contribution in [1.82, 2.24) is 15.2 Å². The van der Waals surface area contributed by atoms with Gasteiger partial charge in [-0.05, 0) is 60.4 Å². The standard InChI is InChI=1S/C28H27N3O4/c1-18-10-19(2)23-13-22(27(32)30-24(23)11-18)16-31(28(33)29-14-20-6-4-3-5-7-20)15-21-8-9-25-26(12-21)35-17-34-25/h3-13H,14-17H2,1-2H3,(H,29,33)(H,30,32). The second kappa shape index (κ2) is 9.54. The summed E-state index contributed by atoms with van der Waals surface area (Å²) in [4.78, 5) is 30.9. The van der Waals surface area contributed by atoms with Gasteiger partial charge in [0.25, 0.3) is 5.56 Å². The Labute approximate surface area is 203 Å². The molecule has 0 unspecified atom stereocenters. The number of ether oxygens (including phenoxy) is 2. The molecule has 35 heavy (non-hydrogen) atoms. The van der Waals surface area contributed by atoms with Gasteiger partial charge in [0.1, 0.15) is 0 Å². The highest BCUT2D eigenvalue weighted by Crippen LogP contribution is 2.33. The Bertz CT molecular complexity index is 1450. The molecule has 0 saturated heterocycles. The van der Waals surface area contributed by atoms with E-state index in [0.717, 1.165) is 33.2 Å². The van der Waals surface area contributed by atoms with Crippen LogP contribution in [-0.4, -0.2) is 22.7 Å². The minimum atomic E-state index is -0.258. The quantitative estimate of drug-likeness (QED) is 0.426. The van der Waals surface area contributed by atoms with Crippen LogP contribution in [0.1, 0.15) is 27.8 Å². The number of carbonyl (C=O) groups excluding carboxylic acids is 1. The highest BCUT2D eigenvalue weighted by molar-refractivity contribution is 5.83. The van der Waals surface area contributed by atoms with Gasteiger partial charge in [-0.2, -0.15) is 0 Å². The second-order valence-electron chi connectivity index (χ2n) is 8.85. The van der Waals surface area contributed by atoms with Crippen LogP contribution in [-0.2, 0) is 19.6 Å². The monoisotopic (exact) mass is 469 g/mol. The van der Waals surface area contributed by atoms with Gasteiger partial charge >= 0.3 is 6.03 Å². The number of pyridine rings is 1. The zero-order chi connectivity index (χ0) is 24.4. The van der Waals surface area contributed by atoms with Gasteiger partial charge in [0.15, 0.2) is 11.5 Å². The van der Waals surface area contributed by atoms with E-state index in [1.165, 1.54) is 0 Å². The molecule has 0 fully saturated rings. The molecule has 0 saturated carbocycles. The first-order chi connectivity index (χ1) is 17.0. The van der Waals surface area contributed by atoms with E-state index in [1.54, 1.807) is 4.90 Å². The fourth-order valence-electron chi connectivity index (χ4n) is 4.38. The summed E-state index contributed by atoms with van der Waals surface area (Å²) in [6, 6.07) is 21.0. The molecule has 0 atom stereocenters. The van der Waals surface area contributed by atoms with Crippen LogP contribution in [0.25, 0.3) is 10.9 Å². The number of nitrogens with zero attached hydrogens (tertiary/aromatic N) is 1. The van der Waals surface area contributed by atoms with Crippen molar-refractivity contribution in [3.8, 4) is 11.5 Å².